The van der Waals surface area contributed by atoms with Crippen molar-refractivity contribution in [1.29, 1.82) is 0 Å². The van der Waals surface area contributed by atoms with Gasteiger partial charge >= 0.3 is 47.6 Å². The largest absolute Gasteiger partial charge is 0.460 e. The summed E-state index contributed by atoms with van der Waals surface area (Å²) >= 11 is 2.65. The Morgan fingerprint density at radius 3 is 1.29 bits per heavy atom. The minimum absolute atomic E-state index is 0.135. The number of sulfone groups is 2. The van der Waals surface area contributed by atoms with Gasteiger partial charge in [0.2, 0.25) is 9.84 Å². The number of hydrogen-bond acceptors (Lipinski definition) is 5. The summed E-state index contributed by atoms with van der Waals surface area (Å²) in [6.45, 7) is 2.83. The minimum Gasteiger partial charge on any atom is -0.224 e. The Balaban J connectivity index is 3.65. The van der Waals surface area contributed by atoms with E-state index >= 15 is 0 Å². The molecule has 0 aliphatic heterocycles. The molecule has 42 heavy (non-hydrogen) atoms. The summed E-state index contributed by atoms with van der Waals surface area (Å²) in [6, 6.07) is 0. The van der Waals surface area contributed by atoms with Gasteiger partial charge in [0.25, 0.3) is 0 Å². The zero-order chi connectivity index (χ0) is 34.1. The van der Waals surface area contributed by atoms with Crippen LogP contribution < -0.4 is 0 Å². The number of rotatable bonds is 12. The number of hydrogen-bond donors (Lipinski definition) is 0. The van der Waals surface area contributed by atoms with E-state index in [1.54, 1.807) is 0 Å². The summed E-state index contributed by atoms with van der Waals surface area (Å²) in [4.78, 5) is -2.57. The molecule has 246 valence electrons. The van der Waals surface area contributed by atoms with E-state index in [0.717, 1.165) is 22.6 Å². The molecule has 0 aromatic carbocycles. The third-order valence-corrected chi connectivity index (χ3v) is 12.5. The van der Waals surface area contributed by atoms with Crippen molar-refractivity contribution in [2.45, 2.75) is 63.8 Å². The molecule has 1 rings (SSSR count). The number of thiophene rings is 1. The minimum atomic E-state index is -8.81. The lowest BCUT2D eigenvalue weighted by atomic mass is 9.88. The van der Waals surface area contributed by atoms with E-state index < -0.39 is 95.0 Å². The molecule has 0 saturated carbocycles. The summed E-state index contributed by atoms with van der Waals surface area (Å²) in [6.07, 6.45) is -11.1. The third kappa shape index (κ3) is 5.83. The summed E-state index contributed by atoms with van der Waals surface area (Å²) < 4.78 is 276. The quantitative estimate of drug-likeness (QED) is 0.157. The monoisotopic (exact) mass is 936 g/mol. The molecule has 1 heterocycles. The van der Waals surface area contributed by atoms with Gasteiger partial charge in [0.1, 0.15) is 9.79 Å². The highest BCUT2D eigenvalue weighted by Crippen LogP contribution is 2.64. The van der Waals surface area contributed by atoms with Crippen LogP contribution >= 0.6 is 56.5 Å². The normalized spacial score (nSPS) is 15.7. The maximum Gasteiger partial charge on any atom is 0.460 e. The Morgan fingerprint density at radius 1 is 0.595 bits per heavy atom. The van der Waals surface area contributed by atoms with Crippen LogP contribution in [0.2, 0.25) is 0 Å². The summed E-state index contributed by atoms with van der Waals surface area (Å²) in [5, 5.41) is 0.135. The van der Waals surface area contributed by atoms with Gasteiger partial charge in [-0.15, -0.1) is 11.3 Å². The molecule has 1 aromatic rings. The first-order valence-corrected chi connectivity index (χ1v) is 15.5. The van der Waals surface area contributed by atoms with Gasteiger partial charge in [-0.05, 0) is 45.2 Å². The fraction of sp³-hybridized carbons (Fsp3) is 0.625. The van der Waals surface area contributed by atoms with E-state index in [1.807, 2.05) is 0 Å². The molecule has 4 nitrogen and oxygen atoms in total. The van der Waals surface area contributed by atoms with Crippen molar-refractivity contribution in [2.75, 3.05) is 5.75 Å². The summed E-state index contributed by atoms with van der Waals surface area (Å²) in [5.41, 5.74) is 0. The van der Waals surface area contributed by atoms with Crippen LogP contribution in [0.3, 0.4) is 0 Å². The average molecular weight is 936 g/mol. The van der Waals surface area contributed by atoms with Gasteiger partial charge in [0.15, 0.2) is 9.84 Å². The van der Waals surface area contributed by atoms with Crippen molar-refractivity contribution in [3.63, 3.8) is 0 Å². The van der Waals surface area contributed by atoms with Gasteiger partial charge in [-0.1, -0.05) is 6.58 Å². The zero-order valence-corrected chi connectivity index (χ0v) is 25.5. The van der Waals surface area contributed by atoms with Crippen molar-refractivity contribution < 1.29 is 91.5 Å². The maximum absolute atomic E-state index is 14.2. The van der Waals surface area contributed by atoms with Crippen molar-refractivity contribution in [1.82, 2.24) is 0 Å². The van der Waals surface area contributed by atoms with Crippen LogP contribution in [0.25, 0.3) is 0 Å². The number of halogens is 19. The molecule has 0 aliphatic carbocycles. The highest BCUT2D eigenvalue weighted by Gasteiger charge is 2.95. The van der Waals surface area contributed by atoms with Gasteiger partial charge in [0.05, 0.1) is 11.5 Å². The molecule has 0 atom stereocenters. The van der Waals surface area contributed by atoms with Gasteiger partial charge in [-0.3, -0.25) is 0 Å². The van der Waals surface area contributed by atoms with Gasteiger partial charge < -0.3 is 0 Å². The second-order valence-electron chi connectivity index (χ2n) is 7.74. The first-order valence-electron chi connectivity index (χ1n) is 9.36. The van der Waals surface area contributed by atoms with Crippen molar-refractivity contribution in [3.05, 3.63) is 17.8 Å². The van der Waals surface area contributed by atoms with E-state index in [2.05, 4.69) is 6.58 Å². The average Bonchev–Trinajstić information content (AvgIpc) is 3.11. The highest BCUT2D eigenvalue weighted by atomic mass is 127. The lowest BCUT2D eigenvalue weighted by molar-refractivity contribution is -0.461. The third-order valence-electron chi connectivity index (χ3n) is 5.03. The van der Waals surface area contributed by atoms with Crippen LogP contribution in [0.4, 0.5) is 74.6 Å². The zero-order valence-electron chi connectivity index (χ0n) is 18.7. The van der Waals surface area contributed by atoms with Crippen LogP contribution in [0, 0.1) is 5.77 Å². The van der Waals surface area contributed by atoms with Gasteiger partial charge in [-0.2, -0.15) is 74.6 Å². The molecule has 0 saturated heterocycles. The van der Waals surface area contributed by atoms with Crippen molar-refractivity contribution in [2.24, 2.45) is 0 Å². The van der Waals surface area contributed by atoms with E-state index in [4.69, 9.17) is 0 Å². The molecule has 0 radical (unpaired) electrons. The molecule has 0 bridgehead atoms. The van der Waals surface area contributed by atoms with Gasteiger partial charge in [-0.25, -0.2) is 16.8 Å². The van der Waals surface area contributed by atoms with Crippen LogP contribution in [0.1, 0.15) is 6.42 Å². The molecule has 1 aromatic heterocycles. The van der Waals surface area contributed by atoms with Crippen LogP contribution in [-0.2, 0) is 19.7 Å². The molecule has 0 spiro atoms. The predicted octanol–water partition coefficient (Wildman–Crippen LogP) is 8.05. The molecule has 0 fully saturated rings. The Labute approximate surface area is 253 Å². The molecule has 0 amide bonds. The molecule has 26 heteroatoms. The van der Waals surface area contributed by atoms with Crippen LogP contribution in [0.15, 0.2) is 21.8 Å². The predicted molar refractivity (Wildman–Crippen MR) is 124 cm³/mol. The second-order valence-corrected chi connectivity index (χ2v) is 16.3. The topological polar surface area (TPSA) is 68.3 Å². The second kappa shape index (κ2) is 11.1. The smallest absolute Gasteiger partial charge is 0.224 e. The Hall–Kier alpha value is -0.390. The molecular weight excluding hydrogens is 929 g/mol. The first kappa shape index (κ1) is 39.6. The van der Waals surface area contributed by atoms with Crippen molar-refractivity contribution in [3.8, 4) is 0 Å². The SMILES string of the molecule is C=CS(=O)(=O)c1c(I)sc(I)c1S(=O)(=O)CCC(F)(F)C(F)(F)C(F)(F)C(F)(F)C(F)(F)C(F)(F)C(F)(F)C(F)(F)F. The van der Waals surface area contributed by atoms with Crippen LogP contribution in [-0.4, -0.2) is 70.2 Å². The summed E-state index contributed by atoms with van der Waals surface area (Å²) in [7, 11) is -10.4. The molecule has 0 unspecified atom stereocenters. The summed E-state index contributed by atoms with van der Waals surface area (Å²) in [5.74, 6) is -60.7. The maximum atomic E-state index is 14.2. The highest BCUT2D eigenvalue weighted by molar-refractivity contribution is 14.1. The van der Waals surface area contributed by atoms with Crippen molar-refractivity contribution >= 4 is 76.2 Å². The fourth-order valence-corrected chi connectivity index (χ4v) is 12.6. The molecular formula is C16H7F17I2O4S3. The fourth-order valence-electron chi connectivity index (χ4n) is 2.66. The van der Waals surface area contributed by atoms with E-state index in [-0.39, 0.29) is 5.41 Å². The number of alkyl halides is 17. The Bertz CT molecular complexity index is 1430. The lowest BCUT2D eigenvalue weighted by Gasteiger charge is -2.42. The van der Waals surface area contributed by atoms with E-state index in [9.17, 15) is 91.5 Å². The van der Waals surface area contributed by atoms with E-state index in [0.29, 0.717) is 11.3 Å². The van der Waals surface area contributed by atoms with E-state index in [1.165, 1.54) is 22.6 Å². The van der Waals surface area contributed by atoms with Gasteiger partial charge in [0, 0.05) is 11.8 Å². The molecule has 0 aliphatic rings. The standard InChI is InChI=1S/C16H7F17I2O4S3/c1-2-41(36,37)5-6(8(35)40-7(5)34)42(38,39)4-3-9(17,18)10(19,20)11(21,22)12(23,24)13(25,26)14(27,28)15(29,30)16(31,32)33/h2H,1,3-4H2. The first-order chi connectivity index (χ1) is 18.1. The lowest BCUT2D eigenvalue weighted by Crippen LogP contribution is -2.74. The Morgan fingerprint density at radius 2 is 0.929 bits per heavy atom. The molecule has 0 N–H and O–H groups in total. The Kier molecular flexibility index (Phi) is 10.5. The van der Waals surface area contributed by atoms with Crippen LogP contribution in [0.5, 0.6) is 0 Å².